The summed E-state index contributed by atoms with van der Waals surface area (Å²) >= 11 is 0. The average Bonchev–Trinajstić information content (AvgIpc) is 2.81. The summed E-state index contributed by atoms with van der Waals surface area (Å²) in [4.78, 5) is 26.7. The number of aliphatic hydroxyl groups is 1. The quantitative estimate of drug-likeness (QED) is 0.653. The number of urea groups is 1. The van der Waals surface area contributed by atoms with E-state index in [1.807, 2.05) is 7.05 Å². The van der Waals surface area contributed by atoms with Crippen LogP contribution in [0.1, 0.15) is 19.3 Å². The standard InChI is InChI=1S/C13H23N3O4/c1-14-6-9-3-2-4-15(7-9)13(20)16-8-10(17)5-11(16)12(18)19/h9-11,14,17H,2-8H2,1H3,(H,18,19)/t9?,10-,11-/m1/s1. The molecule has 0 saturated carbocycles. The van der Waals surface area contributed by atoms with Gasteiger partial charge < -0.3 is 25.3 Å². The van der Waals surface area contributed by atoms with Crippen molar-refractivity contribution in [2.45, 2.75) is 31.4 Å². The molecule has 2 fully saturated rings. The lowest BCUT2D eigenvalue weighted by Gasteiger charge is -2.36. The van der Waals surface area contributed by atoms with E-state index in [9.17, 15) is 14.7 Å². The van der Waals surface area contributed by atoms with Gasteiger partial charge in [0.25, 0.3) is 0 Å². The van der Waals surface area contributed by atoms with E-state index in [2.05, 4.69) is 5.32 Å². The van der Waals surface area contributed by atoms with E-state index in [0.29, 0.717) is 19.0 Å². The largest absolute Gasteiger partial charge is 0.480 e. The fraction of sp³-hybridized carbons (Fsp3) is 0.846. The number of β-amino-alcohol motifs (C(OH)–C–C–N with tert-alkyl or cyclic N) is 1. The number of carboxylic acids is 1. The lowest BCUT2D eigenvalue weighted by atomic mass is 9.98. The Hall–Kier alpha value is -1.34. The second-order valence-electron chi connectivity index (χ2n) is 5.69. The minimum atomic E-state index is -1.04. The van der Waals surface area contributed by atoms with Crippen molar-refractivity contribution in [2.24, 2.45) is 5.92 Å². The summed E-state index contributed by atoms with van der Waals surface area (Å²) in [5.74, 6) is -0.632. The Kier molecular flexibility index (Phi) is 4.82. The van der Waals surface area contributed by atoms with E-state index in [0.717, 1.165) is 19.4 Å². The van der Waals surface area contributed by atoms with Gasteiger partial charge in [-0.3, -0.25) is 0 Å². The number of carbonyl (C=O) groups excluding carboxylic acids is 1. The van der Waals surface area contributed by atoms with Crippen LogP contribution in [0.5, 0.6) is 0 Å². The van der Waals surface area contributed by atoms with Crippen LogP contribution >= 0.6 is 0 Å². The van der Waals surface area contributed by atoms with Crippen LogP contribution in [0.4, 0.5) is 4.79 Å². The van der Waals surface area contributed by atoms with E-state index in [1.54, 1.807) is 4.90 Å². The van der Waals surface area contributed by atoms with Crippen LogP contribution < -0.4 is 5.32 Å². The molecule has 0 radical (unpaired) electrons. The molecular formula is C13H23N3O4. The number of amides is 2. The molecule has 2 rings (SSSR count). The van der Waals surface area contributed by atoms with Gasteiger partial charge in [-0.25, -0.2) is 9.59 Å². The van der Waals surface area contributed by atoms with Gasteiger partial charge in [0.05, 0.1) is 6.10 Å². The molecule has 0 bridgehead atoms. The van der Waals surface area contributed by atoms with Gasteiger partial charge in [-0.05, 0) is 32.4 Å². The lowest BCUT2D eigenvalue weighted by Crippen LogP contribution is -2.51. The topological polar surface area (TPSA) is 93.1 Å². The molecule has 0 aromatic heterocycles. The van der Waals surface area contributed by atoms with Crippen LogP contribution in [-0.2, 0) is 4.79 Å². The summed E-state index contributed by atoms with van der Waals surface area (Å²) in [6, 6.07) is -1.16. The molecular weight excluding hydrogens is 262 g/mol. The molecule has 7 heteroatoms. The number of likely N-dealkylation sites (tertiary alicyclic amines) is 2. The van der Waals surface area contributed by atoms with Crippen LogP contribution in [0, 0.1) is 5.92 Å². The van der Waals surface area contributed by atoms with E-state index in [-0.39, 0.29) is 19.0 Å². The number of piperidine rings is 1. The highest BCUT2D eigenvalue weighted by molar-refractivity contribution is 5.83. The van der Waals surface area contributed by atoms with E-state index in [1.165, 1.54) is 4.90 Å². The fourth-order valence-electron chi connectivity index (χ4n) is 3.14. The van der Waals surface area contributed by atoms with Crippen molar-refractivity contribution in [1.29, 1.82) is 0 Å². The summed E-state index contributed by atoms with van der Waals surface area (Å²) in [5, 5.41) is 21.9. The van der Waals surface area contributed by atoms with Crippen molar-refractivity contribution >= 4 is 12.0 Å². The van der Waals surface area contributed by atoms with Crippen LogP contribution in [0.2, 0.25) is 0 Å². The number of hydrogen-bond donors (Lipinski definition) is 3. The van der Waals surface area contributed by atoms with Crippen molar-refractivity contribution in [3.05, 3.63) is 0 Å². The highest BCUT2D eigenvalue weighted by atomic mass is 16.4. The van der Waals surface area contributed by atoms with Crippen molar-refractivity contribution in [2.75, 3.05) is 33.2 Å². The van der Waals surface area contributed by atoms with Gasteiger partial charge in [0.15, 0.2) is 0 Å². The zero-order valence-electron chi connectivity index (χ0n) is 11.8. The minimum Gasteiger partial charge on any atom is -0.480 e. The monoisotopic (exact) mass is 285 g/mol. The van der Waals surface area contributed by atoms with E-state index >= 15 is 0 Å². The number of hydrogen-bond acceptors (Lipinski definition) is 4. The number of nitrogens with zero attached hydrogens (tertiary/aromatic N) is 2. The predicted octanol–water partition coefficient (Wildman–Crippen LogP) is -0.442. The third-order valence-electron chi connectivity index (χ3n) is 4.09. The van der Waals surface area contributed by atoms with Crippen LogP contribution in [0.3, 0.4) is 0 Å². The highest BCUT2D eigenvalue weighted by Gasteiger charge is 2.41. The first-order chi connectivity index (χ1) is 9.52. The summed E-state index contributed by atoms with van der Waals surface area (Å²) in [5.41, 5.74) is 0. The Morgan fingerprint density at radius 1 is 1.35 bits per heavy atom. The third-order valence-corrected chi connectivity index (χ3v) is 4.09. The summed E-state index contributed by atoms with van der Waals surface area (Å²) in [7, 11) is 1.89. The summed E-state index contributed by atoms with van der Waals surface area (Å²) in [6.45, 7) is 2.29. The lowest BCUT2D eigenvalue weighted by molar-refractivity contribution is -0.141. The number of carbonyl (C=O) groups is 2. The number of aliphatic carboxylic acids is 1. The fourth-order valence-corrected chi connectivity index (χ4v) is 3.14. The number of aliphatic hydroxyl groups excluding tert-OH is 1. The van der Waals surface area contributed by atoms with E-state index in [4.69, 9.17) is 5.11 Å². The predicted molar refractivity (Wildman–Crippen MR) is 72.4 cm³/mol. The highest BCUT2D eigenvalue weighted by Crippen LogP contribution is 2.23. The first-order valence-electron chi connectivity index (χ1n) is 7.14. The smallest absolute Gasteiger partial charge is 0.326 e. The summed E-state index contributed by atoms with van der Waals surface area (Å²) in [6.07, 6.45) is 1.40. The van der Waals surface area contributed by atoms with Crippen LogP contribution in [0.15, 0.2) is 0 Å². The zero-order chi connectivity index (χ0) is 14.7. The van der Waals surface area contributed by atoms with Gasteiger partial charge in [-0.2, -0.15) is 0 Å². The molecule has 7 nitrogen and oxygen atoms in total. The summed E-state index contributed by atoms with van der Waals surface area (Å²) < 4.78 is 0. The number of rotatable bonds is 3. The average molecular weight is 285 g/mol. The second-order valence-corrected chi connectivity index (χ2v) is 5.69. The molecule has 2 amide bonds. The molecule has 2 saturated heterocycles. The van der Waals surface area contributed by atoms with Gasteiger partial charge in [-0.15, -0.1) is 0 Å². The van der Waals surface area contributed by atoms with E-state index < -0.39 is 18.1 Å². The molecule has 0 spiro atoms. The molecule has 2 aliphatic heterocycles. The third kappa shape index (κ3) is 3.21. The van der Waals surface area contributed by atoms with Crippen LogP contribution in [0.25, 0.3) is 0 Å². The Morgan fingerprint density at radius 2 is 2.10 bits per heavy atom. The van der Waals surface area contributed by atoms with Gasteiger partial charge >= 0.3 is 12.0 Å². The van der Waals surface area contributed by atoms with Crippen molar-refractivity contribution in [3.8, 4) is 0 Å². The SMILES string of the molecule is CNCC1CCCN(C(=O)N2C[C@H](O)C[C@@H]2C(=O)O)C1. The Balaban J connectivity index is 2.00. The van der Waals surface area contributed by atoms with Crippen molar-refractivity contribution < 1.29 is 19.8 Å². The molecule has 2 heterocycles. The number of nitrogens with one attached hydrogen (secondary N) is 1. The molecule has 0 aromatic rings. The first-order valence-corrected chi connectivity index (χ1v) is 7.14. The Morgan fingerprint density at radius 3 is 2.75 bits per heavy atom. The van der Waals surface area contributed by atoms with Gasteiger partial charge in [-0.1, -0.05) is 0 Å². The van der Waals surface area contributed by atoms with Crippen molar-refractivity contribution in [3.63, 3.8) is 0 Å². The molecule has 20 heavy (non-hydrogen) atoms. The molecule has 1 unspecified atom stereocenters. The van der Waals surface area contributed by atoms with Gasteiger partial charge in [0.1, 0.15) is 6.04 Å². The number of carboxylic acid groups (broad SMARTS) is 1. The maximum Gasteiger partial charge on any atom is 0.326 e. The van der Waals surface area contributed by atoms with Gasteiger partial charge in [0.2, 0.25) is 0 Å². The molecule has 2 aliphatic rings. The molecule has 114 valence electrons. The molecule has 3 N–H and O–H groups in total. The molecule has 0 aromatic carbocycles. The Bertz CT molecular complexity index is 375. The molecule has 3 atom stereocenters. The normalized spacial score (nSPS) is 30.6. The maximum absolute atomic E-state index is 12.5. The minimum absolute atomic E-state index is 0.114. The second kappa shape index (κ2) is 6.41. The maximum atomic E-state index is 12.5. The Labute approximate surface area is 118 Å². The first kappa shape index (κ1) is 15.1. The van der Waals surface area contributed by atoms with Crippen LogP contribution in [-0.4, -0.2) is 77.4 Å². The molecule has 0 aliphatic carbocycles. The van der Waals surface area contributed by atoms with Gasteiger partial charge in [0, 0.05) is 26.1 Å². The zero-order valence-corrected chi connectivity index (χ0v) is 11.8. The van der Waals surface area contributed by atoms with Crippen molar-refractivity contribution in [1.82, 2.24) is 15.1 Å².